The number of methoxy groups -OCH3 is 1. The Morgan fingerprint density at radius 1 is 1.29 bits per heavy atom. The number of hydrogen-bond donors (Lipinski definition) is 0. The summed E-state index contributed by atoms with van der Waals surface area (Å²) in [7, 11) is 1.59. The topological polar surface area (TPSA) is 41.9 Å². The van der Waals surface area contributed by atoms with Crippen LogP contribution in [0.15, 0.2) is 53.5 Å². The van der Waals surface area contributed by atoms with E-state index in [9.17, 15) is 9.18 Å². The van der Waals surface area contributed by atoms with E-state index in [4.69, 9.17) is 4.74 Å². The van der Waals surface area contributed by atoms with Crippen molar-refractivity contribution < 1.29 is 13.9 Å². The molecular weight excluding hydrogens is 327 g/mol. The van der Waals surface area contributed by atoms with Crippen LogP contribution in [0.4, 0.5) is 4.39 Å². The highest BCUT2D eigenvalue weighted by molar-refractivity contribution is 8.13. The van der Waals surface area contributed by atoms with Crippen LogP contribution in [0.1, 0.15) is 15.9 Å². The van der Waals surface area contributed by atoms with Gasteiger partial charge in [0.05, 0.1) is 13.7 Å². The fraction of sp³-hybridized carbons (Fsp3) is 0.222. The summed E-state index contributed by atoms with van der Waals surface area (Å²) in [5.41, 5.74) is 1.46. The van der Waals surface area contributed by atoms with Gasteiger partial charge in [-0.1, -0.05) is 23.9 Å². The molecule has 0 aromatic heterocycles. The average molecular weight is 344 g/mol. The van der Waals surface area contributed by atoms with E-state index in [2.05, 4.69) is 4.99 Å². The summed E-state index contributed by atoms with van der Waals surface area (Å²) in [6.45, 7) is 1.16. The van der Waals surface area contributed by atoms with Gasteiger partial charge in [0.25, 0.3) is 5.91 Å². The second-order valence-corrected chi connectivity index (χ2v) is 6.21. The van der Waals surface area contributed by atoms with E-state index in [1.54, 1.807) is 42.3 Å². The van der Waals surface area contributed by atoms with Gasteiger partial charge in [-0.2, -0.15) is 0 Å². The molecule has 1 aliphatic rings. The standard InChI is InChI=1S/C18H17FN2O2S/c1-23-16-7-5-14(6-8-16)17(22)21-10-9-20-18(21)24-12-13-3-2-4-15(19)11-13/h2-8,11H,9-10,12H2,1H3. The maximum absolute atomic E-state index is 13.2. The van der Waals surface area contributed by atoms with Crippen LogP contribution in [0.5, 0.6) is 5.75 Å². The van der Waals surface area contributed by atoms with Crippen molar-refractivity contribution in [2.45, 2.75) is 5.75 Å². The number of nitrogens with zero attached hydrogens (tertiary/aromatic N) is 2. The van der Waals surface area contributed by atoms with E-state index in [-0.39, 0.29) is 11.7 Å². The highest BCUT2D eigenvalue weighted by atomic mass is 32.2. The number of aliphatic imine (C=N–C) groups is 1. The van der Waals surface area contributed by atoms with E-state index in [0.717, 1.165) is 5.56 Å². The van der Waals surface area contributed by atoms with Crippen LogP contribution in [0.3, 0.4) is 0 Å². The number of thioether (sulfide) groups is 1. The number of amides is 1. The predicted molar refractivity (Wildman–Crippen MR) is 94.0 cm³/mol. The number of carbonyl (C=O) groups excluding carboxylic acids is 1. The molecule has 0 atom stereocenters. The Hall–Kier alpha value is -2.34. The molecule has 2 aromatic carbocycles. The molecule has 6 heteroatoms. The lowest BCUT2D eigenvalue weighted by Gasteiger charge is -2.18. The van der Waals surface area contributed by atoms with Gasteiger partial charge in [0.15, 0.2) is 5.17 Å². The van der Waals surface area contributed by atoms with E-state index in [1.165, 1.54) is 23.9 Å². The minimum absolute atomic E-state index is 0.0827. The van der Waals surface area contributed by atoms with Gasteiger partial charge < -0.3 is 4.74 Å². The molecule has 124 valence electrons. The van der Waals surface area contributed by atoms with Gasteiger partial charge in [0.1, 0.15) is 11.6 Å². The van der Waals surface area contributed by atoms with E-state index < -0.39 is 0 Å². The van der Waals surface area contributed by atoms with Gasteiger partial charge >= 0.3 is 0 Å². The molecule has 3 rings (SSSR count). The van der Waals surface area contributed by atoms with Gasteiger partial charge in [-0.3, -0.25) is 14.7 Å². The molecule has 24 heavy (non-hydrogen) atoms. The molecule has 1 aliphatic heterocycles. The molecule has 0 N–H and O–H groups in total. The number of hydrogen-bond acceptors (Lipinski definition) is 4. The van der Waals surface area contributed by atoms with Gasteiger partial charge in [-0.05, 0) is 42.0 Å². The van der Waals surface area contributed by atoms with Crippen LogP contribution < -0.4 is 4.74 Å². The van der Waals surface area contributed by atoms with Gasteiger partial charge in [-0.15, -0.1) is 0 Å². The summed E-state index contributed by atoms with van der Waals surface area (Å²) in [6, 6.07) is 13.5. The minimum Gasteiger partial charge on any atom is -0.497 e. The van der Waals surface area contributed by atoms with Crippen molar-refractivity contribution in [1.29, 1.82) is 0 Å². The lowest BCUT2D eigenvalue weighted by molar-refractivity contribution is 0.0860. The Bertz CT molecular complexity index is 762. The van der Waals surface area contributed by atoms with Crippen LogP contribution in [0, 0.1) is 5.82 Å². The first-order valence-corrected chi connectivity index (χ1v) is 8.53. The van der Waals surface area contributed by atoms with Gasteiger partial charge in [0.2, 0.25) is 0 Å². The Labute approximate surface area is 144 Å². The maximum atomic E-state index is 13.2. The zero-order valence-electron chi connectivity index (χ0n) is 13.2. The molecule has 0 bridgehead atoms. The summed E-state index contributed by atoms with van der Waals surface area (Å²) >= 11 is 1.45. The van der Waals surface area contributed by atoms with Gasteiger partial charge in [0, 0.05) is 17.9 Å². The van der Waals surface area contributed by atoms with Crippen LogP contribution in [-0.2, 0) is 5.75 Å². The monoisotopic (exact) mass is 344 g/mol. The highest BCUT2D eigenvalue weighted by Crippen LogP contribution is 2.22. The number of benzene rings is 2. The first kappa shape index (κ1) is 16.5. The Morgan fingerprint density at radius 3 is 2.79 bits per heavy atom. The van der Waals surface area contributed by atoms with Crippen LogP contribution in [0.2, 0.25) is 0 Å². The summed E-state index contributed by atoms with van der Waals surface area (Å²) in [4.78, 5) is 18.7. The first-order chi connectivity index (χ1) is 11.7. The highest BCUT2D eigenvalue weighted by Gasteiger charge is 2.25. The molecule has 1 heterocycles. The van der Waals surface area contributed by atoms with E-state index in [1.807, 2.05) is 6.07 Å². The minimum atomic E-state index is -0.257. The molecule has 0 fully saturated rings. The maximum Gasteiger partial charge on any atom is 0.259 e. The molecule has 4 nitrogen and oxygen atoms in total. The first-order valence-electron chi connectivity index (χ1n) is 7.55. The third-order valence-corrected chi connectivity index (χ3v) is 4.73. The number of rotatable bonds is 4. The third-order valence-electron chi connectivity index (χ3n) is 3.64. The largest absolute Gasteiger partial charge is 0.497 e. The molecule has 2 aromatic rings. The number of ether oxygens (including phenoxy) is 1. The Balaban J connectivity index is 1.67. The second kappa shape index (κ2) is 7.49. The van der Waals surface area contributed by atoms with Crippen LogP contribution in [-0.4, -0.2) is 36.2 Å². The molecular formula is C18H17FN2O2S. The summed E-state index contributed by atoms with van der Waals surface area (Å²) in [6.07, 6.45) is 0. The third kappa shape index (κ3) is 3.76. The van der Waals surface area contributed by atoms with Crippen molar-refractivity contribution >= 4 is 22.8 Å². The molecule has 0 aliphatic carbocycles. The van der Waals surface area contributed by atoms with Crippen molar-refractivity contribution in [3.63, 3.8) is 0 Å². The fourth-order valence-corrected chi connectivity index (χ4v) is 3.39. The Kier molecular flexibility index (Phi) is 5.15. The summed E-state index contributed by atoms with van der Waals surface area (Å²) in [5, 5.41) is 0.681. The molecule has 0 spiro atoms. The van der Waals surface area contributed by atoms with E-state index >= 15 is 0 Å². The SMILES string of the molecule is COc1ccc(C(=O)N2CCN=C2SCc2cccc(F)c2)cc1. The van der Waals surface area contributed by atoms with Crippen molar-refractivity contribution in [3.8, 4) is 5.75 Å². The zero-order valence-corrected chi connectivity index (χ0v) is 14.1. The fourth-order valence-electron chi connectivity index (χ4n) is 2.40. The van der Waals surface area contributed by atoms with Crippen molar-refractivity contribution in [1.82, 2.24) is 4.90 Å². The molecule has 0 unspecified atom stereocenters. The predicted octanol–water partition coefficient (Wildman–Crippen LogP) is 3.58. The normalized spacial score (nSPS) is 13.8. The lowest BCUT2D eigenvalue weighted by Crippen LogP contribution is -2.32. The van der Waals surface area contributed by atoms with Crippen LogP contribution >= 0.6 is 11.8 Å². The van der Waals surface area contributed by atoms with Gasteiger partial charge in [-0.25, -0.2) is 4.39 Å². The summed E-state index contributed by atoms with van der Waals surface area (Å²) in [5.74, 6) is 0.943. The average Bonchev–Trinajstić information content (AvgIpc) is 3.08. The van der Waals surface area contributed by atoms with E-state index in [0.29, 0.717) is 35.3 Å². The smallest absolute Gasteiger partial charge is 0.259 e. The van der Waals surface area contributed by atoms with Crippen LogP contribution in [0.25, 0.3) is 0 Å². The molecule has 0 saturated carbocycles. The molecule has 0 radical (unpaired) electrons. The number of amidine groups is 1. The second-order valence-electron chi connectivity index (χ2n) is 5.27. The lowest BCUT2D eigenvalue weighted by atomic mass is 10.2. The van der Waals surface area contributed by atoms with Crippen molar-refractivity contribution in [3.05, 3.63) is 65.5 Å². The molecule has 0 saturated heterocycles. The number of halogens is 1. The number of carbonyl (C=O) groups is 1. The molecule has 1 amide bonds. The Morgan fingerprint density at radius 2 is 2.08 bits per heavy atom. The van der Waals surface area contributed by atoms with Crippen molar-refractivity contribution in [2.75, 3.05) is 20.2 Å². The zero-order chi connectivity index (χ0) is 16.9. The quantitative estimate of drug-likeness (QED) is 0.851. The van der Waals surface area contributed by atoms with Crippen molar-refractivity contribution in [2.24, 2.45) is 4.99 Å². The summed E-state index contributed by atoms with van der Waals surface area (Å²) < 4.78 is 18.4.